The van der Waals surface area contributed by atoms with E-state index in [1.165, 1.54) is 19.3 Å². The Balaban J connectivity index is 1.48. The van der Waals surface area contributed by atoms with Crippen molar-refractivity contribution >= 4 is 10.0 Å². The Morgan fingerprint density at radius 2 is 1.78 bits per heavy atom. The highest BCUT2D eigenvalue weighted by Gasteiger charge is 2.25. The average Bonchev–Trinajstić information content (AvgIpc) is 2.58. The van der Waals surface area contributed by atoms with Gasteiger partial charge < -0.3 is 4.90 Å². The van der Waals surface area contributed by atoms with Gasteiger partial charge in [-0.25, -0.2) is 13.1 Å². The van der Waals surface area contributed by atoms with Gasteiger partial charge in [0.2, 0.25) is 10.0 Å². The van der Waals surface area contributed by atoms with E-state index in [0.717, 1.165) is 38.4 Å². The van der Waals surface area contributed by atoms with Crippen LogP contribution in [0.5, 0.6) is 0 Å². The molecule has 0 spiro atoms. The van der Waals surface area contributed by atoms with Crippen LogP contribution in [0.15, 0.2) is 47.4 Å². The van der Waals surface area contributed by atoms with E-state index in [0.29, 0.717) is 4.90 Å². The minimum atomic E-state index is -3.38. The number of rotatable bonds is 5. The molecule has 1 aromatic rings. The first-order valence-electron chi connectivity index (χ1n) is 8.58. The summed E-state index contributed by atoms with van der Waals surface area (Å²) in [5, 5.41) is 0. The summed E-state index contributed by atoms with van der Waals surface area (Å²) < 4.78 is 27.6. The van der Waals surface area contributed by atoms with Crippen LogP contribution in [0.3, 0.4) is 0 Å². The Labute approximate surface area is 139 Å². The molecule has 2 aliphatic rings. The predicted molar refractivity (Wildman–Crippen MR) is 92.7 cm³/mol. The normalized spacial score (nSPS) is 23.9. The molecule has 126 valence electrons. The molecule has 1 fully saturated rings. The zero-order valence-corrected chi connectivity index (χ0v) is 14.3. The van der Waals surface area contributed by atoms with E-state index in [4.69, 9.17) is 0 Å². The maximum Gasteiger partial charge on any atom is 0.240 e. The van der Waals surface area contributed by atoms with Gasteiger partial charge in [-0.05, 0) is 63.2 Å². The van der Waals surface area contributed by atoms with Crippen molar-refractivity contribution in [1.29, 1.82) is 0 Å². The molecule has 0 bridgehead atoms. The number of nitrogens with one attached hydrogen (secondary N) is 1. The van der Waals surface area contributed by atoms with E-state index in [9.17, 15) is 8.42 Å². The highest BCUT2D eigenvalue weighted by Crippen LogP contribution is 2.22. The number of hydrogen-bond donors (Lipinski definition) is 1. The van der Waals surface area contributed by atoms with Crippen LogP contribution in [0.1, 0.15) is 32.1 Å². The first kappa shape index (κ1) is 16.7. The average molecular weight is 334 g/mol. The Morgan fingerprint density at radius 1 is 1.04 bits per heavy atom. The van der Waals surface area contributed by atoms with Crippen LogP contribution in [0, 0.1) is 5.92 Å². The van der Waals surface area contributed by atoms with E-state index in [-0.39, 0.29) is 6.04 Å². The number of piperidine rings is 1. The van der Waals surface area contributed by atoms with Gasteiger partial charge in [0.25, 0.3) is 0 Å². The quantitative estimate of drug-likeness (QED) is 0.843. The van der Waals surface area contributed by atoms with Gasteiger partial charge in [-0.15, -0.1) is 0 Å². The van der Waals surface area contributed by atoms with Crippen molar-refractivity contribution in [2.24, 2.45) is 5.92 Å². The van der Waals surface area contributed by atoms with Gasteiger partial charge in [0.05, 0.1) is 4.90 Å². The first-order chi connectivity index (χ1) is 11.1. The van der Waals surface area contributed by atoms with E-state index >= 15 is 0 Å². The topological polar surface area (TPSA) is 49.4 Å². The van der Waals surface area contributed by atoms with Gasteiger partial charge in [0.1, 0.15) is 0 Å². The molecule has 1 aliphatic heterocycles. The van der Waals surface area contributed by atoms with E-state index in [1.54, 1.807) is 24.3 Å². The third-order valence-electron chi connectivity index (χ3n) is 4.86. The van der Waals surface area contributed by atoms with Crippen LogP contribution in [0.4, 0.5) is 0 Å². The molecule has 3 rings (SSSR count). The van der Waals surface area contributed by atoms with Crippen LogP contribution in [-0.2, 0) is 10.0 Å². The van der Waals surface area contributed by atoms with Gasteiger partial charge in [-0.3, -0.25) is 0 Å². The molecule has 1 saturated heterocycles. The predicted octanol–water partition coefficient (Wildman–Crippen LogP) is 2.79. The highest BCUT2D eigenvalue weighted by molar-refractivity contribution is 7.89. The molecule has 4 nitrogen and oxygen atoms in total. The van der Waals surface area contributed by atoms with Gasteiger partial charge in [0, 0.05) is 12.6 Å². The van der Waals surface area contributed by atoms with Crippen molar-refractivity contribution in [3.63, 3.8) is 0 Å². The number of nitrogens with zero attached hydrogens (tertiary/aromatic N) is 1. The Kier molecular flexibility index (Phi) is 5.51. The van der Waals surface area contributed by atoms with Crippen molar-refractivity contribution in [2.75, 3.05) is 19.6 Å². The van der Waals surface area contributed by atoms with Gasteiger partial charge >= 0.3 is 0 Å². The molecule has 23 heavy (non-hydrogen) atoms. The molecular formula is C18H26N2O2S. The van der Waals surface area contributed by atoms with Gasteiger partial charge in [-0.1, -0.05) is 30.4 Å². The lowest BCUT2D eigenvalue weighted by atomic mass is 9.93. The number of allylic oxidation sites excluding steroid dienone is 2. The zero-order chi connectivity index (χ0) is 16.1. The number of benzene rings is 1. The lowest BCUT2D eigenvalue weighted by molar-refractivity contribution is 0.174. The third kappa shape index (κ3) is 4.66. The van der Waals surface area contributed by atoms with Crippen molar-refractivity contribution in [1.82, 2.24) is 9.62 Å². The van der Waals surface area contributed by atoms with Gasteiger partial charge in [0.15, 0.2) is 0 Å². The lowest BCUT2D eigenvalue weighted by Gasteiger charge is -2.34. The fourth-order valence-corrected chi connectivity index (χ4v) is 4.83. The molecule has 0 aromatic heterocycles. The van der Waals surface area contributed by atoms with Crippen molar-refractivity contribution in [3.05, 3.63) is 42.5 Å². The van der Waals surface area contributed by atoms with E-state index in [1.807, 2.05) is 6.07 Å². The van der Waals surface area contributed by atoms with Gasteiger partial charge in [-0.2, -0.15) is 0 Å². The largest absolute Gasteiger partial charge is 0.303 e. The van der Waals surface area contributed by atoms with Crippen molar-refractivity contribution in [2.45, 2.75) is 43.0 Å². The first-order valence-corrected chi connectivity index (χ1v) is 10.1. The second-order valence-electron chi connectivity index (χ2n) is 6.66. The standard InChI is InChI=1S/C18H26N2O2S/c21-23(22,18-9-5-2-6-10-18)19-17-11-13-20(14-12-17)15-16-7-3-1-4-8-16/h1-3,5-6,9-10,16-17,19H,4,7-8,11-15H2. The molecule has 0 radical (unpaired) electrons. The molecule has 1 aliphatic carbocycles. The number of sulfonamides is 1. The summed E-state index contributed by atoms with van der Waals surface area (Å²) in [6.07, 6.45) is 10.1. The summed E-state index contributed by atoms with van der Waals surface area (Å²) in [7, 11) is -3.38. The SMILES string of the molecule is O=S(=O)(NC1CCN(CC2CC=CCC2)CC1)c1ccccc1. The second kappa shape index (κ2) is 7.60. The minimum absolute atomic E-state index is 0.0581. The summed E-state index contributed by atoms with van der Waals surface area (Å²) in [6, 6.07) is 8.70. The molecule has 1 N–H and O–H groups in total. The summed E-state index contributed by atoms with van der Waals surface area (Å²) in [5.74, 6) is 0.776. The Morgan fingerprint density at radius 3 is 2.43 bits per heavy atom. The third-order valence-corrected chi connectivity index (χ3v) is 6.39. The van der Waals surface area contributed by atoms with Crippen molar-refractivity contribution < 1.29 is 8.42 Å². The smallest absolute Gasteiger partial charge is 0.240 e. The van der Waals surface area contributed by atoms with Crippen LogP contribution < -0.4 is 4.72 Å². The fourth-order valence-electron chi connectivity index (χ4n) is 3.51. The second-order valence-corrected chi connectivity index (χ2v) is 8.37. The maximum absolute atomic E-state index is 12.4. The molecule has 0 amide bonds. The molecule has 1 heterocycles. The Bertz CT molecular complexity index is 620. The van der Waals surface area contributed by atoms with E-state index < -0.39 is 10.0 Å². The van der Waals surface area contributed by atoms with Crippen LogP contribution in [-0.4, -0.2) is 39.0 Å². The molecular weight excluding hydrogens is 308 g/mol. The summed E-state index contributed by atoms with van der Waals surface area (Å²) in [5.41, 5.74) is 0. The zero-order valence-electron chi connectivity index (χ0n) is 13.5. The molecule has 5 heteroatoms. The minimum Gasteiger partial charge on any atom is -0.303 e. The summed E-state index contributed by atoms with van der Waals surface area (Å²) in [4.78, 5) is 2.85. The van der Waals surface area contributed by atoms with Crippen LogP contribution in [0.25, 0.3) is 0 Å². The summed E-state index contributed by atoms with van der Waals surface area (Å²) >= 11 is 0. The maximum atomic E-state index is 12.4. The van der Waals surface area contributed by atoms with Crippen LogP contribution in [0.2, 0.25) is 0 Å². The van der Waals surface area contributed by atoms with Crippen molar-refractivity contribution in [3.8, 4) is 0 Å². The molecule has 1 unspecified atom stereocenters. The fraction of sp³-hybridized carbons (Fsp3) is 0.556. The monoisotopic (exact) mass is 334 g/mol. The van der Waals surface area contributed by atoms with Crippen LogP contribution >= 0.6 is 0 Å². The molecule has 0 saturated carbocycles. The highest BCUT2D eigenvalue weighted by atomic mass is 32.2. The molecule has 1 atom stereocenters. The van der Waals surface area contributed by atoms with E-state index in [2.05, 4.69) is 21.8 Å². The Hall–Kier alpha value is -1.17. The summed E-state index contributed by atoms with van der Waals surface area (Å²) in [6.45, 7) is 3.13. The number of hydrogen-bond acceptors (Lipinski definition) is 3. The number of likely N-dealkylation sites (tertiary alicyclic amines) is 1. The lowest BCUT2D eigenvalue weighted by Crippen LogP contribution is -2.45. The molecule has 1 aromatic carbocycles.